The summed E-state index contributed by atoms with van der Waals surface area (Å²) in [5.41, 5.74) is 3.49. The average Bonchev–Trinajstić information content (AvgIpc) is 1.81. The van der Waals surface area contributed by atoms with Crippen LogP contribution in [0.25, 0.3) is 0 Å². The van der Waals surface area contributed by atoms with Crippen LogP contribution in [0.4, 0.5) is 0 Å². The van der Waals surface area contributed by atoms with Gasteiger partial charge in [0.05, 0.1) is 0 Å². The lowest BCUT2D eigenvalue weighted by atomic mass is 10.2. The number of unbranched alkanes of at least 4 members (excludes halogenated alkanes) is 3. The van der Waals surface area contributed by atoms with Crippen LogP contribution < -0.4 is 11.3 Å². The first-order valence-electron chi connectivity index (χ1n) is 3.07. The van der Waals surface area contributed by atoms with Crippen LogP contribution in [0.15, 0.2) is 0 Å². The molecule has 0 fully saturated rings. The predicted molar refractivity (Wildman–Crippen MR) is 35.0 cm³/mol. The maximum atomic E-state index is 4.92. The molecule has 0 aromatic carbocycles. The first-order chi connectivity index (χ1) is 3.91. The molecule has 0 saturated carbocycles. The van der Waals surface area contributed by atoms with Crippen molar-refractivity contribution >= 4 is 0 Å². The number of hydrogen-bond donors (Lipinski definition) is 1. The molecule has 0 heterocycles. The Morgan fingerprint density at radius 2 is 2.00 bits per heavy atom. The molecule has 2 heteroatoms. The second-order valence-electron chi connectivity index (χ2n) is 1.82. The second kappa shape index (κ2) is 6.92. The summed E-state index contributed by atoms with van der Waals surface area (Å²) in [6, 6.07) is 0. The summed E-state index contributed by atoms with van der Waals surface area (Å²) in [5, 5.41) is 0. The van der Waals surface area contributed by atoms with Crippen LogP contribution in [-0.4, -0.2) is 6.54 Å². The number of nitrogens with two attached hydrogens (primary N) is 1. The van der Waals surface area contributed by atoms with Crippen molar-refractivity contribution in [2.45, 2.75) is 25.7 Å². The van der Waals surface area contributed by atoms with E-state index in [1.165, 1.54) is 12.8 Å². The highest BCUT2D eigenvalue weighted by Crippen LogP contribution is 1.95. The van der Waals surface area contributed by atoms with Gasteiger partial charge in [0, 0.05) is 6.54 Å². The number of rotatable bonds is 5. The zero-order valence-corrected chi connectivity index (χ0v) is 5.27. The van der Waals surface area contributed by atoms with Crippen molar-refractivity contribution in [1.29, 1.82) is 0 Å². The minimum atomic E-state index is 0.806. The smallest absolute Gasteiger partial charge is 0.0301 e. The van der Waals surface area contributed by atoms with Gasteiger partial charge in [0.1, 0.15) is 0 Å². The van der Waals surface area contributed by atoms with Crippen molar-refractivity contribution in [1.82, 2.24) is 5.43 Å². The van der Waals surface area contributed by atoms with Gasteiger partial charge in [-0.3, -0.25) is 5.84 Å². The lowest BCUT2D eigenvalue weighted by Gasteiger charge is -1.93. The van der Waals surface area contributed by atoms with Gasteiger partial charge in [-0.15, -0.1) is 0 Å². The highest BCUT2D eigenvalue weighted by atomic mass is 15.2. The lowest BCUT2D eigenvalue weighted by Crippen LogP contribution is -2.13. The molecular formula is C6H14N2. The fourth-order valence-corrected chi connectivity index (χ4v) is 0.557. The molecule has 0 aliphatic rings. The third-order valence-electron chi connectivity index (χ3n) is 1.04. The van der Waals surface area contributed by atoms with E-state index in [2.05, 4.69) is 12.3 Å². The summed E-state index contributed by atoms with van der Waals surface area (Å²) in [6.07, 6.45) is 4.57. The van der Waals surface area contributed by atoms with E-state index in [-0.39, 0.29) is 0 Å². The van der Waals surface area contributed by atoms with E-state index >= 15 is 0 Å². The summed E-state index contributed by atoms with van der Waals surface area (Å²) in [4.78, 5) is 0. The minimum absolute atomic E-state index is 0.806. The van der Waals surface area contributed by atoms with E-state index in [0.29, 0.717) is 0 Å². The van der Waals surface area contributed by atoms with E-state index in [1.54, 1.807) is 0 Å². The van der Waals surface area contributed by atoms with E-state index in [1.807, 2.05) is 0 Å². The molecule has 0 aliphatic carbocycles. The fourth-order valence-electron chi connectivity index (χ4n) is 0.557. The van der Waals surface area contributed by atoms with Gasteiger partial charge in [0.25, 0.3) is 0 Å². The summed E-state index contributed by atoms with van der Waals surface area (Å²) in [7, 11) is 0. The van der Waals surface area contributed by atoms with Crippen molar-refractivity contribution < 1.29 is 0 Å². The Bertz CT molecular complexity index is 31.5. The first kappa shape index (κ1) is 7.92. The van der Waals surface area contributed by atoms with Gasteiger partial charge in [-0.25, -0.2) is 0 Å². The SMILES string of the molecule is [CH2]CCCCC[N]N. The molecule has 0 amide bonds. The zero-order valence-electron chi connectivity index (χ0n) is 5.27. The van der Waals surface area contributed by atoms with Crippen LogP contribution in [0.1, 0.15) is 25.7 Å². The number of hydrogen-bond acceptors (Lipinski definition) is 1. The molecular weight excluding hydrogens is 100 g/mol. The normalized spacial score (nSPS) is 9.75. The molecule has 2 radical (unpaired) electrons. The second-order valence-corrected chi connectivity index (χ2v) is 1.82. The lowest BCUT2D eigenvalue weighted by molar-refractivity contribution is 0.615. The molecule has 48 valence electrons. The maximum absolute atomic E-state index is 4.92. The third-order valence-corrected chi connectivity index (χ3v) is 1.04. The molecule has 2 N–H and O–H groups in total. The van der Waals surface area contributed by atoms with Crippen LogP contribution in [0.5, 0.6) is 0 Å². The number of nitrogens with zero attached hydrogens (tertiary/aromatic N) is 1. The molecule has 0 saturated heterocycles. The largest absolute Gasteiger partial charge is 0.254 e. The first-order valence-corrected chi connectivity index (χ1v) is 3.07. The Hall–Kier alpha value is -0.0800. The summed E-state index contributed by atoms with van der Waals surface area (Å²) >= 11 is 0. The van der Waals surface area contributed by atoms with Crippen LogP contribution in [-0.2, 0) is 0 Å². The van der Waals surface area contributed by atoms with E-state index in [0.717, 1.165) is 19.4 Å². The van der Waals surface area contributed by atoms with Gasteiger partial charge < -0.3 is 0 Å². The summed E-state index contributed by atoms with van der Waals surface area (Å²) < 4.78 is 0. The van der Waals surface area contributed by atoms with Crippen LogP contribution in [0.2, 0.25) is 0 Å². The monoisotopic (exact) mass is 114 g/mol. The highest BCUT2D eigenvalue weighted by molar-refractivity contribution is 4.44. The van der Waals surface area contributed by atoms with Crippen molar-refractivity contribution in [3.63, 3.8) is 0 Å². The predicted octanol–water partition coefficient (Wildman–Crippen LogP) is 0.859. The zero-order chi connectivity index (χ0) is 6.24. The third kappa shape index (κ3) is 5.92. The Morgan fingerprint density at radius 1 is 1.25 bits per heavy atom. The van der Waals surface area contributed by atoms with Gasteiger partial charge in [-0.05, 0) is 6.42 Å². The van der Waals surface area contributed by atoms with Crippen molar-refractivity contribution in [2.75, 3.05) is 6.54 Å². The molecule has 2 nitrogen and oxygen atoms in total. The van der Waals surface area contributed by atoms with E-state index in [4.69, 9.17) is 5.84 Å². The minimum Gasteiger partial charge on any atom is -0.254 e. The van der Waals surface area contributed by atoms with Gasteiger partial charge in [-0.1, -0.05) is 26.2 Å². The van der Waals surface area contributed by atoms with E-state index in [9.17, 15) is 0 Å². The maximum Gasteiger partial charge on any atom is 0.0301 e. The van der Waals surface area contributed by atoms with Crippen molar-refractivity contribution in [3.05, 3.63) is 6.92 Å². The molecule has 0 aliphatic heterocycles. The summed E-state index contributed by atoms with van der Waals surface area (Å²) in [6.45, 7) is 4.53. The molecule has 0 aromatic rings. The van der Waals surface area contributed by atoms with Crippen LogP contribution >= 0.6 is 0 Å². The van der Waals surface area contributed by atoms with Crippen LogP contribution in [0, 0.1) is 6.92 Å². The fraction of sp³-hybridized carbons (Fsp3) is 0.833. The Kier molecular flexibility index (Phi) is 6.85. The van der Waals surface area contributed by atoms with Gasteiger partial charge in [0.15, 0.2) is 0 Å². The van der Waals surface area contributed by atoms with E-state index < -0.39 is 0 Å². The standard InChI is InChI=1S/C6H14N2/c1-2-3-4-5-6-8-7/h1-7H2. The average molecular weight is 114 g/mol. The summed E-state index contributed by atoms with van der Waals surface area (Å²) in [5.74, 6) is 4.92. The quantitative estimate of drug-likeness (QED) is 0.321. The molecule has 0 unspecified atom stereocenters. The highest BCUT2D eigenvalue weighted by Gasteiger charge is 1.83. The van der Waals surface area contributed by atoms with Gasteiger partial charge in [0.2, 0.25) is 0 Å². The van der Waals surface area contributed by atoms with Gasteiger partial charge >= 0.3 is 0 Å². The molecule has 0 spiro atoms. The van der Waals surface area contributed by atoms with Crippen molar-refractivity contribution in [3.8, 4) is 0 Å². The van der Waals surface area contributed by atoms with Gasteiger partial charge in [-0.2, -0.15) is 5.43 Å². The van der Waals surface area contributed by atoms with Crippen LogP contribution in [0.3, 0.4) is 0 Å². The molecule has 8 heavy (non-hydrogen) atoms. The Morgan fingerprint density at radius 3 is 2.50 bits per heavy atom. The Balaban J connectivity index is 2.53. The molecule has 0 aromatic heterocycles. The van der Waals surface area contributed by atoms with Crippen molar-refractivity contribution in [2.24, 2.45) is 5.84 Å². The molecule has 0 atom stereocenters. The molecule has 0 rings (SSSR count). The Labute approximate surface area is 51.4 Å². The molecule has 0 bridgehead atoms. The topological polar surface area (TPSA) is 40.1 Å².